The summed E-state index contributed by atoms with van der Waals surface area (Å²) < 4.78 is 2.30. The molecule has 1 aromatic heterocycles. The Hall–Kier alpha value is -3.56. The van der Waals surface area contributed by atoms with Crippen molar-refractivity contribution in [2.45, 2.75) is 0 Å². The second-order valence-corrected chi connectivity index (χ2v) is 6.60. The van der Waals surface area contributed by atoms with E-state index in [2.05, 4.69) is 71.3 Å². The Morgan fingerprint density at radius 1 is 0.556 bits per heavy atom. The van der Waals surface area contributed by atoms with E-state index in [-0.39, 0.29) is 0 Å². The normalized spacial score (nSPS) is 11.1. The van der Waals surface area contributed by atoms with Gasteiger partial charge in [-0.3, -0.25) is 5.01 Å². The Morgan fingerprint density at radius 3 is 1.96 bits per heavy atom. The first-order chi connectivity index (χ1) is 13.3. The Kier molecular flexibility index (Phi) is 3.66. The van der Waals surface area contributed by atoms with Crippen LogP contribution in [0.2, 0.25) is 0 Å². The third-order valence-corrected chi connectivity index (χ3v) is 4.98. The highest BCUT2D eigenvalue weighted by molar-refractivity contribution is 6.10. The largest absolute Gasteiger partial charge is 0.309 e. The molecule has 0 bridgehead atoms. The molecule has 27 heavy (non-hydrogen) atoms. The van der Waals surface area contributed by atoms with Crippen LogP contribution in [0.5, 0.6) is 0 Å². The van der Waals surface area contributed by atoms with Crippen LogP contribution in [-0.2, 0) is 0 Å². The number of aromatic nitrogens is 1. The first-order valence-electron chi connectivity index (χ1n) is 9.01. The van der Waals surface area contributed by atoms with E-state index in [0.717, 1.165) is 17.1 Å². The molecule has 1 heterocycles. The predicted molar refractivity (Wildman–Crippen MR) is 114 cm³/mol. The minimum absolute atomic E-state index is 0.962. The summed E-state index contributed by atoms with van der Waals surface area (Å²) in [4.78, 5) is 0. The van der Waals surface area contributed by atoms with Gasteiger partial charge in [-0.2, -0.15) is 0 Å². The SMILES string of the molecule is NN(c1ccccc1)c1ccc2c(c1)c1ccccc1n2-c1ccccc1. The molecule has 0 atom stereocenters. The van der Waals surface area contributed by atoms with E-state index in [0.29, 0.717) is 0 Å². The van der Waals surface area contributed by atoms with Crippen LogP contribution in [0.1, 0.15) is 0 Å². The zero-order valence-corrected chi connectivity index (χ0v) is 14.8. The second-order valence-electron chi connectivity index (χ2n) is 6.60. The van der Waals surface area contributed by atoms with Crippen molar-refractivity contribution in [2.24, 2.45) is 5.84 Å². The molecule has 0 unspecified atom stereocenters. The quantitative estimate of drug-likeness (QED) is 0.330. The van der Waals surface area contributed by atoms with Crippen LogP contribution >= 0.6 is 0 Å². The number of hydrogen-bond donors (Lipinski definition) is 1. The molecule has 4 aromatic carbocycles. The van der Waals surface area contributed by atoms with Gasteiger partial charge in [-0.15, -0.1) is 0 Å². The number of para-hydroxylation sites is 3. The molecule has 0 spiro atoms. The van der Waals surface area contributed by atoms with Gasteiger partial charge in [-0.05, 0) is 48.5 Å². The van der Waals surface area contributed by atoms with Crippen LogP contribution in [-0.4, -0.2) is 4.57 Å². The molecule has 0 aliphatic rings. The number of hydrogen-bond acceptors (Lipinski definition) is 2. The maximum absolute atomic E-state index is 6.40. The van der Waals surface area contributed by atoms with Crippen LogP contribution in [0.4, 0.5) is 11.4 Å². The number of benzene rings is 4. The van der Waals surface area contributed by atoms with Gasteiger partial charge in [0.2, 0.25) is 0 Å². The number of nitrogens with two attached hydrogens (primary N) is 1. The second kappa shape index (κ2) is 6.31. The van der Waals surface area contributed by atoms with Gasteiger partial charge < -0.3 is 4.57 Å². The molecule has 130 valence electrons. The van der Waals surface area contributed by atoms with Crippen LogP contribution in [0, 0.1) is 0 Å². The number of rotatable bonds is 3. The van der Waals surface area contributed by atoms with Gasteiger partial charge in [-0.1, -0.05) is 54.6 Å². The van der Waals surface area contributed by atoms with Crippen molar-refractivity contribution in [3.63, 3.8) is 0 Å². The number of nitrogens with zero attached hydrogens (tertiary/aromatic N) is 2. The Morgan fingerprint density at radius 2 is 1.19 bits per heavy atom. The van der Waals surface area contributed by atoms with Gasteiger partial charge in [0, 0.05) is 16.5 Å². The fraction of sp³-hybridized carbons (Fsp3) is 0. The highest BCUT2D eigenvalue weighted by Gasteiger charge is 2.13. The van der Waals surface area contributed by atoms with Gasteiger partial charge in [-0.25, -0.2) is 5.84 Å². The lowest BCUT2D eigenvalue weighted by atomic mass is 10.1. The van der Waals surface area contributed by atoms with Crippen molar-refractivity contribution in [1.82, 2.24) is 4.57 Å². The molecule has 0 radical (unpaired) electrons. The summed E-state index contributed by atoms with van der Waals surface area (Å²) in [5.74, 6) is 6.40. The van der Waals surface area contributed by atoms with E-state index in [1.165, 1.54) is 21.8 Å². The smallest absolute Gasteiger partial charge is 0.0582 e. The van der Waals surface area contributed by atoms with Gasteiger partial charge in [0.05, 0.1) is 22.4 Å². The summed E-state index contributed by atoms with van der Waals surface area (Å²) in [6, 6.07) is 35.4. The molecule has 5 rings (SSSR count). The topological polar surface area (TPSA) is 34.2 Å². The predicted octanol–water partition coefficient (Wildman–Crippen LogP) is 5.80. The molecule has 0 aliphatic heterocycles. The molecule has 5 aromatic rings. The minimum atomic E-state index is 0.962. The van der Waals surface area contributed by atoms with Crippen molar-refractivity contribution in [3.05, 3.63) is 103 Å². The average molecular weight is 349 g/mol. The highest BCUT2D eigenvalue weighted by atomic mass is 15.4. The summed E-state index contributed by atoms with van der Waals surface area (Å²) >= 11 is 0. The van der Waals surface area contributed by atoms with Crippen LogP contribution in [0.3, 0.4) is 0 Å². The Labute approximate surface area is 157 Å². The minimum Gasteiger partial charge on any atom is -0.309 e. The zero-order chi connectivity index (χ0) is 18.2. The molecule has 2 N–H and O–H groups in total. The van der Waals surface area contributed by atoms with Crippen molar-refractivity contribution < 1.29 is 0 Å². The third-order valence-electron chi connectivity index (χ3n) is 4.98. The summed E-state index contributed by atoms with van der Waals surface area (Å²) in [6.45, 7) is 0. The van der Waals surface area contributed by atoms with Crippen molar-refractivity contribution >= 4 is 33.2 Å². The van der Waals surface area contributed by atoms with Crippen LogP contribution in [0.15, 0.2) is 103 Å². The molecule has 0 saturated heterocycles. The first kappa shape index (κ1) is 15.7. The molecule has 0 saturated carbocycles. The zero-order valence-electron chi connectivity index (χ0n) is 14.8. The maximum Gasteiger partial charge on any atom is 0.0582 e. The molecular weight excluding hydrogens is 330 g/mol. The molecule has 3 nitrogen and oxygen atoms in total. The lowest BCUT2D eigenvalue weighted by molar-refractivity contribution is 1.09. The Balaban J connectivity index is 1.76. The summed E-state index contributed by atoms with van der Waals surface area (Å²) in [7, 11) is 0. The lowest BCUT2D eigenvalue weighted by Gasteiger charge is -2.19. The van der Waals surface area contributed by atoms with Gasteiger partial charge in [0.25, 0.3) is 0 Å². The number of hydrazine groups is 1. The third kappa shape index (κ3) is 2.57. The van der Waals surface area contributed by atoms with E-state index >= 15 is 0 Å². The van der Waals surface area contributed by atoms with Crippen molar-refractivity contribution in [3.8, 4) is 5.69 Å². The van der Waals surface area contributed by atoms with E-state index in [1.54, 1.807) is 5.01 Å². The molecule has 0 amide bonds. The number of fused-ring (bicyclic) bond motifs is 3. The average Bonchev–Trinajstić information content (AvgIpc) is 3.08. The first-order valence-corrected chi connectivity index (χ1v) is 9.01. The maximum atomic E-state index is 6.40. The van der Waals surface area contributed by atoms with Crippen LogP contribution < -0.4 is 10.9 Å². The van der Waals surface area contributed by atoms with E-state index < -0.39 is 0 Å². The summed E-state index contributed by atoms with van der Waals surface area (Å²) in [5, 5.41) is 4.15. The lowest BCUT2D eigenvalue weighted by Crippen LogP contribution is -2.24. The summed E-state index contributed by atoms with van der Waals surface area (Å²) in [5.41, 5.74) is 5.45. The van der Waals surface area contributed by atoms with E-state index in [9.17, 15) is 0 Å². The molecule has 0 aliphatic carbocycles. The van der Waals surface area contributed by atoms with Gasteiger partial charge in [0.1, 0.15) is 0 Å². The number of anilines is 2. The van der Waals surface area contributed by atoms with Gasteiger partial charge >= 0.3 is 0 Å². The fourth-order valence-electron chi connectivity index (χ4n) is 3.70. The van der Waals surface area contributed by atoms with E-state index in [4.69, 9.17) is 5.84 Å². The van der Waals surface area contributed by atoms with Crippen molar-refractivity contribution in [2.75, 3.05) is 5.01 Å². The van der Waals surface area contributed by atoms with E-state index in [1.807, 2.05) is 36.4 Å². The van der Waals surface area contributed by atoms with Crippen molar-refractivity contribution in [1.29, 1.82) is 0 Å². The highest BCUT2D eigenvalue weighted by Crippen LogP contribution is 2.35. The summed E-state index contributed by atoms with van der Waals surface area (Å²) in [6.07, 6.45) is 0. The van der Waals surface area contributed by atoms with Gasteiger partial charge in [0.15, 0.2) is 0 Å². The standard InChI is InChI=1S/C24H19N3/c25-27(19-11-5-2-6-12-19)20-15-16-24-22(17-20)21-13-7-8-14-23(21)26(24)18-9-3-1-4-10-18/h1-17H,25H2. The molecule has 0 fully saturated rings. The Bertz CT molecular complexity index is 1220. The van der Waals surface area contributed by atoms with Crippen LogP contribution in [0.25, 0.3) is 27.5 Å². The fourth-order valence-corrected chi connectivity index (χ4v) is 3.70. The monoisotopic (exact) mass is 349 g/mol. The molecular formula is C24H19N3. The molecule has 3 heteroatoms.